The number of aryl methyl sites for hydroxylation is 1. The summed E-state index contributed by atoms with van der Waals surface area (Å²) in [5.41, 5.74) is -0.592. The summed E-state index contributed by atoms with van der Waals surface area (Å²) in [6, 6.07) is 8.12. The third-order valence-electron chi connectivity index (χ3n) is 5.16. The van der Waals surface area contributed by atoms with Crippen LogP contribution in [0.1, 0.15) is 30.3 Å². The lowest BCUT2D eigenvalue weighted by molar-refractivity contribution is -0.272. The third kappa shape index (κ3) is 5.08. The zero-order valence-corrected chi connectivity index (χ0v) is 19.3. The van der Waals surface area contributed by atoms with E-state index in [0.717, 1.165) is 13.0 Å². The molecule has 10 heteroatoms. The topological polar surface area (TPSA) is 65.7 Å². The van der Waals surface area contributed by atoms with Crippen molar-refractivity contribution in [2.24, 2.45) is 12.0 Å². The smallest absolute Gasteiger partial charge is 0.374 e. The number of hydrogen-bond donors (Lipinski definition) is 2. The van der Waals surface area contributed by atoms with Crippen LogP contribution in [0.25, 0.3) is 0 Å². The van der Waals surface area contributed by atoms with Crippen LogP contribution in [-0.4, -0.2) is 51.3 Å². The Morgan fingerprint density at radius 3 is 2.57 bits per heavy atom. The number of aliphatic hydroxyl groups is 1. The van der Waals surface area contributed by atoms with Gasteiger partial charge >= 0.3 is 6.18 Å². The zero-order chi connectivity index (χ0) is 21.1. The van der Waals surface area contributed by atoms with Gasteiger partial charge in [-0.2, -0.15) is 13.2 Å². The largest absolute Gasteiger partial charge is 0.424 e. The molecular formula is C20H27F3IN5O. The molecule has 0 fully saturated rings. The van der Waals surface area contributed by atoms with Crippen molar-refractivity contribution < 1.29 is 18.3 Å². The first kappa shape index (κ1) is 24.4. The fourth-order valence-electron chi connectivity index (χ4n) is 3.57. The van der Waals surface area contributed by atoms with Gasteiger partial charge in [0.2, 0.25) is 5.60 Å². The van der Waals surface area contributed by atoms with E-state index >= 15 is 0 Å². The van der Waals surface area contributed by atoms with Crippen LogP contribution in [0.15, 0.2) is 41.7 Å². The van der Waals surface area contributed by atoms with E-state index in [1.54, 1.807) is 0 Å². The fourth-order valence-corrected chi connectivity index (χ4v) is 3.57. The number of fused-ring (bicyclic) bond motifs is 1. The van der Waals surface area contributed by atoms with Gasteiger partial charge in [-0.05, 0) is 24.5 Å². The molecule has 0 saturated heterocycles. The molecule has 0 radical (unpaired) electrons. The van der Waals surface area contributed by atoms with Gasteiger partial charge in [0.25, 0.3) is 0 Å². The lowest BCUT2D eigenvalue weighted by Crippen LogP contribution is -2.46. The van der Waals surface area contributed by atoms with Crippen LogP contribution in [0.4, 0.5) is 13.2 Å². The van der Waals surface area contributed by atoms with E-state index in [1.807, 2.05) is 24.0 Å². The molecule has 0 saturated carbocycles. The Morgan fingerprint density at radius 2 is 1.97 bits per heavy atom. The minimum atomic E-state index is -4.86. The summed E-state index contributed by atoms with van der Waals surface area (Å²) in [6.45, 7) is 3.69. The summed E-state index contributed by atoms with van der Waals surface area (Å²) >= 11 is 0. The number of aliphatic imine (C=N–C) groups is 1. The molecule has 0 spiro atoms. The van der Waals surface area contributed by atoms with Crippen molar-refractivity contribution in [3.8, 4) is 0 Å². The maximum absolute atomic E-state index is 13.7. The second-order valence-corrected chi connectivity index (χ2v) is 7.15. The van der Waals surface area contributed by atoms with Crippen molar-refractivity contribution in [3.63, 3.8) is 0 Å². The molecule has 3 rings (SSSR count). The molecule has 1 aliphatic heterocycles. The van der Waals surface area contributed by atoms with Crippen LogP contribution >= 0.6 is 24.0 Å². The Kier molecular flexibility index (Phi) is 8.14. The first-order valence-corrected chi connectivity index (χ1v) is 9.63. The molecule has 2 N–H and O–H groups in total. The molecule has 1 aromatic heterocycles. The molecule has 2 heterocycles. The van der Waals surface area contributed by atoms with Gasteiger partial charge in [-0.3, -0.25) is 4.99 Å². The highest BCUT2D eigenvalue weighted by atomic mass is 127. The number of guanidine groups is 1. The average molecular weight is 537 g/mol. The third-order valence-corrected chi connectivity index (χ3v) is 5.16. The van der Waals surface area contributed by atoms with Crippen LogP contribution in [0.3, 0.4) is 0 Å². The Morgan fingerprint density at radius 1 is 1.27 bits per heavy atom. The molecule has 2 aromatic rings. The van der Waals surface area contributed by atoms with Gasteiger partial charge < -0.3 is 19.9 Å². The monoisotopic (exact) mass is 537 g/mol. The number of hydrogen-bond acceptors (Lipinski definition) is 3. The molecule has 166 valence electrons. The van der Waals surface area contributed by atoms with Crippen LogP contribution < -0.4 is 5.32 Å². The van der Waals surface area contributed by atoms with Crippen molar-refractivity contribution in [2.45, 2.75) is 38.1 Å². The average Bonchev–Trinajstić information content (AvgIpc) is 3.12. The van der Waals surface area contributed by atoms with Crippen LogP contribution in [-0.2, 0) is 25.6 Å². The van der Waals surface area contributed by atoms with Gasteiger partial charge in [-0.25, -0.2) is 4.98 Å². The molecule has 1 aromatic carbocycles. The second-order valence-electron chi connectivity index (χ2n) is 7.15. The van der Waals surface area contributed by atoms with Crippen molar-refractivity contribution in [1.29, 1.82) is 0 Å². The van der Waals surface area contributed by atoms with E-state index < -0.39 is 24.0 Å². The number of nitrogens with one attached hydrogen (secondary N) is 1. The van der Waals surface area contributed by atoms with E-state index in [4.69, 9.17) is 0 Å². The standard InChI is InChI=1S/C20H26F3N5O.HI/c1-3-24-18(28-12-8-15-6-4-5-7-16(15)14-28)26-10-9-19(29,20(21,22)23)17-25-11-13-27(17)2;/h4-7,11,13,29H,3,8-10,12,14H2,1-2H3,(H,24,26);1H. The molecule has 0 amide bonds. The van der Waals surface area contributed by atoms with E-state index in [2.05, 4.69) is 27.4 Å². The number of aromatic nitrogens is 2. The van der Waals surface area contributed by atoms with E-state index in [1.165, 1.54) is 35.1 Å². The molecule has 0 bridgehead atoms. The minimum absolute atomic E-state index is 0. The number of rotatable bonds is 5. The van der Waals surface area contributed by atoms with Gasteiger partial charge in [0.05, 0.1) is 0 Å². The molecule has 1 aliphatic rings. The SMILES string of the molecule is CCNC(=NCCC(O)(c1nccn1C)C(F)(F)F)N1CCc2ccccc2C1.I. The minimum Gasteiger partial charge on any atom is -0.374 e. The molecular weight excluding hydrogens is 510 g/mol. The maximum atomic E-state index is 13.7. The molecule has 30 heavy (non-hydrogen) atoms. The Bertz CT molecular complexity index is 870. The first-order chi connectivity index (χ1) is 13.8. The van der Waals surface area contributed by atoms with Gasteiger partial charge in [0.1, 0.15) is 5.82 Å². The van der Waals surface area contributed by atoms with E-state index in [0.29, 0.717) is 19.0 Å². The van der Waals surface area contributed by atoms with E-state index in [9.17, 15) is 18.3 Å². The first-order valence-electron chi connectivity index (χ1n) is 9.63. The summed E-state index contributed by atoms with van der Waals surface area (Å²) in [4.78, 5) is 10.1. The number of imidazole rings is 1. The van der Waals surface area contributed by atoms with Gasteiger partial charge in [-0.1, -0.05) is 24.3 Å². The van der Waals surface area contributed by atoms with Gasteiger partial charge in [0.15, 0.2) is 5.96 Å². The molecule has 1 unspecified atom stereocenters. The van der Waals surface area contributed by atoms with E-state index in [-0.39, 0.29) is 30.5 Å². The van der Waals surface area contributed by atoms with Crippen molar-refractivity contribution in [3.05, 3.63) is 53.6 Å². The summed E-state index contributed by atoms with van der Waals surface area (Å²) in [5.74, 6) is 0.114. The predicted octanol–water partition coefficient (Wildman–Crippen LogP) is 3.20. The molecule has 0 aliphatic carbocycles. The fraction of sp³-hybridized carbons (Fsp3) is 0.500. The number of halogens is 4. The molecule has 6 nitrogen and oxygen atoms in total. The Labute approximate surface area is 191 Å². The summed E-state index contributed by atoms with van der Waals surface area (Å²) in [6.07, 6.45) is -2.00. The number of nitrogens with zero attached hydrogens (tertiary/aromatic N) is 4. The van der Waals surface area contributed by atoms with Crippen molar-refractivity contribution in [2.75, 3.05) is 19.6 Å². The van der Waals surface area contributed by atoms with Crippen molar-refractivity contribution >= 4 is 29.9 Å². The van der Waals surface area contributed by atoms with Gasteiger partial charge in [0, 0.05) is 52.0 Å². The highest BCUT2D eigenvalue weighted by Gasteiger charge is 2.57. The predicted molar refractivity (Wildman–Crippen MR) is 120 cm³/mol. The lowest BCUT2D eigenvalue weighted by atomic mass is 9.98. The highest BCUT2D eigenvalue weighted by Crippen LogP contribution is 2.40. The quantitative estimate of drug-likeness (QED) is 0.350. The summed E-state index contributed by atoms with van der Waals surface area (Å²) in [7, 11) is 1.43. The lowest BCUT2D eigenvalue weighted by Gasteiger charge is -2.32. The summed E-state index contributed by atoms with van der Waals surface area (Å²) in [5, 5.41) is 13.6. The number of alkyl halides is 3. The normalized spacial score (nSPS) is 16.5. The maximum Gasteiger partial charge on any atom is 0.424 e. The zero-order valence-electron chi connectivity index (χ0n) is 17.0. The van der Waals surface area contributed by atoms with Crippen LogP contribution in [0.5, 0.6) is 0 Å². The van der Waals surface area contributed by atoms with Crippen LogP contribution in [0, 0.1) is 0 Å². The molecule has 1 atom stereocenters. The second kappa shape index (κ2) is 9.99. The van der Waals surface area contributed by atoms with Crippen LogP contribution in [0.2, 0.25) is 0 Å². The Balaban J connectivity index is 0.00000320. The van der Waals surface area contributed by atoms with Gasteiger partial charge in [-0.15, -0.1) is 24.0 Å². The number of benzene rings is 1. The summed E-state index contributed by atoms with van der Waals surface area (Å²) < 4.78 is 42.2. The van der Waals surface area contributed by atoms with Crippen molar-refractivity contribution in [1.82, 2.24) is 19.8 Å². The Hall–Kier alpha value is -1.82. The highest BCUT2D eigenvalue weighted by molar-refractivity contribution is 14.0.